The maximum atomic E-state index is 6.38. The first-order valence-electron chi connectivity index (χ1n) is 7.00. The van der Waals surface area contributed by atoms with Crippen molar-refractivity contribution in [3.63, 3.8) is 0 Å². The number of nitrogens with zero attached hydrogens (tertiary/aromatic N) is 1. The SMILES string of the molecule is Cc1ccc(Br)cc1C(N)Cc1ccc2ccccc2n1. The van der Waals surface area contributed by atoms with Gasteiger partial charge in [-0.1, -0.05) is 46.3 Å². The highest BCUT2D eigenvalue weighted by molar-refractivity contribution is 9.10. The van der Waals surface area contributed by atoms with E-state index in [2.05, 4.69) is 53.2 Å². The molecule has 2 N–H and O–H groups in total. The molecule has 1 heterocycles. The molecule has 0 aliphatic rings. The third kappa shape index (κ3) is 3.14. The zero-order valence-corrected chi connectivity index (χ0v) is 13.5. The molecule has 0 spiro atoms. The van der Waals surface area contributed by atoms with Crippen molar-refractivity contribution in [3.05, 3.63) is 75.9 Å². The molecule has 0 fully saturated rings. The van der Waals surface area contributed by atoms with E-state index in [0.29, 0.717) is 0 Å². The first kappa shape index (κ1) is 14.2. The zero-order chi connectivity index (χ0) is 14.8. The Balaban J connectivity index is 1.88. The largest absolute Gasteiger partial charge is 0.324 e. The zero-order valence-electron chi connectivity index (χ0n) is 11.9. The van der Waals surface area contributed by atoms with Gasteiger partial charge >= 0.3 is 0 Å². The van der Waals surface area contributed by atoms with Crippen molar-refractivity contribution < 1.29 is 0 Å². The molecule has 3 heteroatoms. The Bertz CT molecular complexity index is 783. The van der Waals surface area contributed by atoms with Crippen LogP contribution in [0.5, 0.6) is 0 Å². The second kappa shape index (κ2) is 5.96. The number of hydrogen-bond acceptors (Lipinski definition) is 2. The molecule has 1 aromatic heterocycles. The summed E-state index contributed by atoms with van der Waals surface area (Å²) in [5.41, 5.74) is 10.8. The van der Waals surface area contributed by atoms with Crippen LogP contribution >= 0.6 is 15.9 Å². The summed E-state index contributed by atoms with van der Waals surface area (Å²) in [4.78, 5) is 4.70. The molecular formula is C18H17BrN2. The van der Waals surface area contributed by atoms with Crippen molar-refractivity contribution in [3.8, 4) is 0 Å². The van der Waals surface area contributed by atoms with E-state index >= 15 is 0 Å². The van der Waals surface area contributed by atoms with Gasteiger partial charge in [0.05, 0.1) is 5.52 Å². The lowest BCUT2D eigenvalue weighted by Gasteiger charge is -2.15. The molecule has 0 amide bonds. The number of nitrogens with two attached hydrogens (primary N) is 1. The normalized spacial score (nSPS) is 12.5. The van der Waals surface area contributed by atoms with Gasteiger partial charge in [0, 0.05) is 28.0 Å². The van der Waals surface area contributed by atoms with Gasteiger partial charge in [-0.2, -0.15) is 0 Å². The first-order valence-corrected chi connectivity index (χ1v) is 7.79. The highest BCUT2D eigenvalue weighted by atomic mass is 79.9. The molecule has 0 saturated heterocycles. The van der Waals surface area contributed by atoms with Gasteiger partial charge in [-0.15, -0.1) is 0 Å². The highest BCUT2D eigenvalue weighted by Crippen LogP contribution is 2.23. The molecule has 0 bridgehead atoms. The molecule has 0 saturated carbocycles. The van der Waals surface area contributed by atoms with Crippen LogP contribution in [0.2, 0.25) is 0 Å². The molecule has 1 atom stereocenters. The molecule has 0 aliphatic heterocycles. The lowest BCUT2D eigenvalue weighted by atomic mass is 9.98. The molecule has 3 aromatic rings. The second-order valence-electron chi connectivity index (χ2n) is 5.31. The lowest BCUT2D eigenvalue weighted by molar-refractivity contribution is 0.703. The molecule has 2 nitrogen and oxygen atoms in total. The highest BCUT2D eigenvalue weighted by Gasteiger charge is 2.11. The molecule has 0 radical (unpaired) electrons. The summed E-state index contributed by atoms with van der Waals surface area (Å²) < 4.78 is 1.06. The number of aryl methyl sites for hydroxylation is 1. The summed E-state index contributed by atoms with van der Waals surface area (Å²) in [5.74, 6) is 0. The fourth-order valence-electron chi connectivity index (χ4n) is 2.57. The topological polar surface area (TPSA) is 38.9 Å². The number of benzene rings is 2. The van der Waals surface area contributed by atoms with Crippen LogP contribution in [0.3, 0.4) is 0 Å². The minimum Gasteiger partial charge on any atom is -0.324 e. The van der Waals surface area contributed by atoms with Gasteiger partial charge in [-0.3, -0.25) is 4.98 Å². The fourth-order valence-corrected chi connectivity index (χ4v) is 2.95. The molecule has 21 heavy (non-hydrogen) atoms. The Hall–Kier alpha value is -1.71. The number of aromatic nitrogens is 1. The molecule has 1 unspecified atom stereocenters. The Labute approximate surface area is 133 Å². The first-order chi connectivity index (χ1) is 10.1. The van der Waals surface area contributed by atoms with E-state index in [1.165, 1.54) is 11.1 Å². The van der Waals surface area contributed by atoms with Gasteiger partial charge in [0.1, 0.15) is 0 Å². The lowest BCUT2D eigenvalue weighted by Crippen LogP contribution is -2.15. The summed E-state index contributed by atoms with van der Waals surface area (Å²) in [6, 6.07) is 18.5. The fraction of sp³-hybridized carbons (Fsp3) is 0.167. The van der Waals surface area contributed by atoms with Gasteiger partial charge in [0.15, 0.2) is 0 Å². The van der Waals surface area contributed by atoms with E-state index in [1.807, 2.05) is 24.3 Å². The average molecular weight is 341 g/mol. The number of fused-ring (bicyclic) bond motifs is 1. The summed E-state index contributed by atoms with van der Waals surface area (Å²) in [6.07, 6.45) is 0.738. The Morgan fingerprint density at radius 2 is 1.90 bits per heavy atom. The van der Waals surface area contributed by atoms with E-state index < -0.39 is 0 Å². The number of rotatable bonds is 3. The van der Waals surface area contributed by atoms with Crippen molar-refractivity contribution in [2.75, 3.05) is 0 Å². The number of hydrogen-bond donors (Lipinski definition) is 1. The monoisotopic (exact) mass is 340 g/mol. The van der Waals surface area contributed by atoms with Crippen molar-refractivity contribution >= 4 is 26.8 Å². The molecule has 2 aromatic carbocycles. The van der Waals surface area contributed by atoms with E-state index in [1.54, 1.807) is 0 Å². The van der Waals surface area contributed by atoms with E-state index in [4.69, 9.17) is 10.7 Å². The number of halogens is 1. The van der Waals surface area contributed by atoms with Crippen LogP contribution in [0, 0.1) is 6.92 Å². The van der Waals surface area contributed by atoms with Crippen molar-refractivity contribution in [1.82, 2.24) is 4.98 Å². The van der Waals surface area contributed by atoms with Gasteiger partial charge in [0.25, 0.3) is 0 Å². The quantitative estimate of drug-likeness (QED) is 0.759. The van der Waals surface area contributed by atoms with Gasteiger partial charge in [-0.25, -0.2) is 0 Å². The van der Waals surface area contributed by atoms with E-state index in [-0.39, 0.29) is 6.04 Å². The van der Waals surface area contributed by atoms with Crippen LogP contribution in [-0.4, -0.2) is 4.98 Å². The number of para-hydroxylation sites is 1. The van der Waals surface area contributed by atoms with Gasteiger partial charge in [-0.05, 0) is 42.3 Å². The number of pyridine rings is 1. The Morgan fingerprint density at radius 3 is 2.76 bits per heavy atom. The second-order valence-corrected chi connectivity index (χ2v) is 6.22. The predicted molar refractivity (Wildman–Crippen MR) is 91.3 cm³/mol. The van der Waals surface area contributed by atoms with Crippen molar-refractivity contribution in [2.24, 2.45) is 5.73 Å². The standard InChI is InChI=1S/C18H17BrN2/c1-12-6-8-14(19)10-16(12)17(20)11-15-9-7-13-4-2-3-5-18(13)21-15/h2-10,17H,11,20H2,1H3. The van der Waals surface area contributed by atoms with Crippen LogP contribution < -0.4 is 5.73 Å². The summed E-state index contributed by atoms with van der Waals surface area (Å²) in [7, 11) is 0. The van der Waals surface area contributed by atoms with E-state index in [0.717, 1.165) is 27.5 Å². The van der Waals surface area contributed by atoms with Crippen LogP contribution in [0.15, 0.2) is 59.1 Å². The van der Waals surface area contributed by atoms with Crippen LogP contribution in [0.4, 0.5) is 0 Å². The van der Waals surface area contributed by atoms with Gasteiger partial charge in [0.2, 0.25) is 0 Å². The van der Waals surface area contributed by atoms with Crippen molar-refractivity contribution in [2.45, 2.75) is 19.4 Å². The molecule has 106 valence electrons. The summed E-state index contributed by atoms with van der Waals surface area (Å²) in [5, 5.41) is 1.16. The molecule has 3 rings (SSSR count). The third-order valence-corrected chi connectivity index (χ3v) is 4.22. The van der Waals surface area contributed by atoms with Crippen LogP contribution in [0.25, 0.3) is 10.9 Å². The minimum atomic E-state index is -0.0452. The van der Waals surface area contributed by atoms with E-state index in [9.17, 15) is 0 Å². The van der Waals surface area contributed by atoms with Crippen LogP contribution in [0.1, 0.15) is 22.9 Å². The maximum absolute atomic E-state index is 6.38. The summed E-state index contributed by atoms with van der Waals surface area (Å²) >= 11 is 3.51. The third-order valence-electron chi connectivity index (χ3n) is 3.73. The Kier molecular flexibility index (Phi) is 4.04. The Morgan fingerprint density at radius 1 is 1.10 bits per heavy atom. The predicted octanol–water partition coefficient (Wildman–Crippen LogP) is 4.55. The maximum Gasteiger partial charge on any atom is 0.0705 e. The smallest absolute Gasteiger partial charge is 0.0705 e. The minimum absolute atomic E-state index is 0.0452. The van der Waals surface area contributed by atoms with Crippen LogP contribution in [-0.2, 0) is 6.42 Å². The summed E-state index contributed by atoms with van der Waals surface area (Å²) in [6.45, 7) is 2.09. The molecular weight excluding hydrogens is 324 g/mol. The van der Waals surface area contributed by atoms with Crippen molar-refractivity contribution in [1.29, 1.82) is 0 Å². The average Bonchev–Trinajstić information content (AvgIpc) is 2.49. The molecule has 0 aliphatic carbocycles. The van der Waals surface area contributed by atoms with Gasteiger partial charge < -0.3 is 5.73 Å².